The number of halogens is 2. The number of aromatic nitrogens is 3. The maximum Gasteiger partial charge on any atom is 0.150 e. The predicted molar refractivity (Wildman–Crippen MR) is 72.1 cm³/mol. The SMILES string of the molecule is CCc1nc(CC)n(CC(N)c2cc(F)ccc2F)n1. The molecule has 6 heteroatoms. The molecule has 4 nitrogen and oxygen atoms in total. The average Bonchev–Trinajstić information content (AvgIpc) is 2.83. The molecule has 0 aliphatic heterocycles. The Morgan fingerprint density at radius 2 is 2.00 bits per heavy atom. The van der Waals surface area contributed by atoms with Gasteiger partial charge in [-0.05, 0) is 18.2 Å². The van der Waals surface area contributed by atoms with Gasteiger partial charge in [0.25, 0.3) is 0 Å². The van der Waals surface area contributed by atoms with Crippen LogP contribution in [0.2, 0.25) is 0 Å². The van der Waals surface area contributed by atoms with Gasteiger partial charge in [-0.15, -0.1) is 0 Å². The number of hydrogen-bond acceptors (Lipinski definition) is 3. The second-order valence-corrected chi connectivity index (χ2v) is 4.61. The van der Waals surface area contributed by atoms with Crippen LogP contribution < -0.4 is 5.73 Å². The summed E-state index contributed by atoms with van der Waals surface area (Å²) in [6.07, 6.45) is 1.44. The lowest BCUT2D eigenvalue weighted by Gasteiger charge is -2.14. The van der Waals surface area contributed by atoms with Crippen molar-refractivity contribution in [1.29, 1.82) is 0 Å². The van der Waals surface area contributed by atoms with E-state index >= 15 is 0 Å². The van der Waals surface area contributed by atoms with Crippen LogP contribution in [0.1, 0.15) is 37.1 Å². The summed E-state index contributed by atoms with van der Waals surface area (Å²) in [6, 6.07) is 2.63. The first kappa shape index (κ1) is 14.6. The first-order valence-corrected chi connectivity index (χ1v) is 6.68. The third-order valence-corrected chi connectivity index (χ3v) is 3.15. The zero-order chi connectivity index (χ0) is 14.7. The van der Waals surface area contributed by atoms with Gasteiger partial charge in [0, 0.05) is 18.4 Å². The Kier molecular flexibility index (Phi) is 4.44. The average molecular weight is 280 g/mol. The van der Waals surface area contributed by atoms with E-state index in [0.29, 0.717) is 6.42 Å². The minimum atomic E-state index is -0.664. The lowest BCUT2D eigenvalue weighted by Crippen LogP contribution is -2.21. The molecular weight excluding hydrogens is 262 g/mol. The van der Waals surface area contributed by atoms with E-state index in [0.717, 1.165) is 36.3 Å². The van der Waals surface area contributed by atoms with Gasteiger partial charge in [-0.3, -0.25) is 0 Å². The summed E-state index contributed by atoms with van der Waals surface area (Å²) in [5.74, 6) is 0.524. The van der Waals surface area contributed by atoms with Crippen LogP contribution in [0.3, 0.4) is 0 Å². The van der Waals surface area contributed by atoms with E-state index in [-0.39, 0.29) is 12.1 Å². The molecule has 0 saturated carbocycles. The first-order valence-electron chi connectivity index (χ1n) is 6.68. The first-order chi connectivity index (χ1) is 9.55. The molecule has 0 aliphatic carbocycles. The molecule has 2 aromatic rings. The lowest BCUT2D eigenvalue weighted by atomic mass is 10.1. The van der Waals surface area contributed by atoms with Crippen LogP contribution in [0.5, 0.6) is 0 Å². The van der Waals surface area contributed by atoms with Gasteiger partial charge in [-0.2, -0.15) is 5.10 Å². The molecule has 108 valence electrons. The van der Waals surface area contributed by atoms with E-state index in [1.54, 1.807) is 4.68 Å². The molecule has 1 heterocycles. The highest BCUT2D eigenvalue weighted by Gasteiger charge is 2.16. The van der Waals surface area contributed by atoms with Crippen LogP contribution in [0.4, 0.5) is 8.78 Å². The van der Waals surface area contributed by atoms with Crippen molar-refractivity contribution in [2.75, 3.05) is 0 Å². The number of hydrogen-bond donors (Lipinski definition) is 1. The summed E-state index contributed by atoms with van der Waals surface area (Å²) in [6.45, 7) is 4.20. The van der Waals surface area contributed by atoms with Crippen molar-refractivity contribution in [2.24, 2.45) is 5.73 Å². The lowest BCUT2D eigenvalue weighted by molar-refractivity contribution is 0.481. The molecule has 1 aromatic heterocycles. The minimum Gasteiger partial charge on any atom is -0.322 e. The molecule has 1 aromatic carbocycles. The van der Waals surface area contributed by atoms with E-state index in [9.17, 15) is 8.78 Å². The Morgan fingerprint density at radius 1 is 1.25 bits per heavy atom. The van der Waals surface area contributed by atoms with Gasteiger partial charge in [-0.1, -0.05) is 13.8 Å². The fraction of sp³-hybridized carbons (Fsp3) is 0.429. The number of aryl methyl sites for hydroxylation is 2. The van der Waals surface area contributed by atoms with Crippen LogP contribution in [-0.4, -0.2) is 14.8 Å². The molecule has 0 radical (unpaired) electrons. The standard InChI is InChI=1S/C14H18F2N4/c1-3-13-18-14(4-2)20(19-13)8-12(17)10-7-9(15)5-6-11(10)16/h5-7,12H,3-4,8,17H2,1-2H3. The van der Waals surface area contributed by atoms with Gasteiger partial charge < -0.3 is 5.73 Å². The smallest absolute Gasteiger partial charge is 0.150 e. The Balaban J connectivity index is 2.24. The van der Waals surface area contributed by atoms with Gasteiger partial charge in [0.05, 0.1) is 12.6 Å². The van der Waals surface area contributed by atoms with Crippen molar-refractivity contribution < 1.29 is 8.78 Å². The van der Waals surface area contributed by atoms with E-state index in [2.05, 4.69) is 10.1 Å². The molecule has 0 saturated heterocycles. The van der Waals surface area contributed by atoms with Crippen molar-refractivity contribution in [2.45, 2.75) is 39.3 Å². The van der Waals surface area contributed by atoms with Crippen LogP contribution in [0.15, 0.2) is 18.2 Å². The minimum absolute atomic E-state index is 0.153. The van der Waals surface area contributed by atoms with Crippen molar-refractivity contribution in [3.05, 3.63) is 47.0 Å². The van der Waals surface area contributed by atoms with Crippen LogP contribution >= 0.6 is 0 Å². The second kappa shape index (κ2) is 6.09. The van der Waals surface area contributed by atoms with Crippen molar-refractivity contribution in [3.63, 3.8) is 0 Å². The fourth-order valence-corrected chi connectivity index (χ4v) is 2.07. The predicted octanol–water partition coefficient (Wildman–Crippen LogP) is 2.38. The van der Waals surface area contributed by atoms with Crippen LogP contribution in [-0.2, 0) is 19.4 Å². The van der Waals surface area contributed by atoms with Crippen molar-refractivity contribution in [1.82, 2.24) is 14.8 Å². The number of nitrogens with zero attached hydrogens (tertiary/aromatic N) is 3. The van der Waals surface area contributed by atoms with Crippen molar-refractivity contribution in [3.8, 4) is 0 Å². The van der Waals surface area contributed by atoms with Gasteiger partial charge in [-0.25, -0.2) is 18.4 Å². The zero-order valence-electron chi connectivity index (χ0n) is 11.6. The molecule has 2 N–H and O–H groups in total. The van der Waals surface area contributed by atoms with Gasteiger partial charge in [0.1, 0.15) is 17.5 Å². The molecule has 0 bridgehead atoms. The number of rotatable bonds is 5. The molecule has 20 heavy (non-hydrogen) atoms. The van der Waals surface area contributed by atoms with Crippen LogP contribution in [0.25, 0.3) is 0 Å². The Bertz CT molecular complexity index is 595. The van der Waals surface area contributed by atoms with E-state index in [1.165, 1.54) is 0 Å². The zero-order valence-corrected chi connectivity index (χ0v) is 11.6. The Morgan fingerprint density at radius 3 is 2.65 bits per heavy atom. The molecular formula is C14H18F2N4. The maximum absolute atomic E-state index is 13.7. The van der Waals surface area contributed by atoms with E-state index in [4.69, 9.17) is 5.73 Å². The third kappa shape index (κ3) is 3.01. The highest BCUT2D eigenvalue weighted by molar-refractivity contribution is 5.22. The van der Waals surface area contributed by atoms with E-state index < -0.39 is 17.7 Å². The molecule has 0 fully saturated rings. The number of nitrogens with two attached hydrogens (primary N) is 1. The van der Waals surface area contributed by atoms with Crippen LogP contribution in [0, 0.1) is 11.6 Å². The number of benzene rings is 1. The van der Waals surface area contributed by atoms with Gasteiger partial charge in [0.15, 0.2) is 5.82 Å². The summed E-state index contributed by atoms with van der Waals surface area (Å²) in [4.78, 5) is 4.36. The highest BCUT2D eigenvalue weighted by atomic mass is 19.1. The van der Waals surface area contributed by atoms with E-state index in [1.807, 2.05) is 13.8 Å². The summed E-state index contributed by atoms with van der Waals surface area (Å²) >= 11 is 0. The molecule has 1 unspecified atom stereocenters. The normalized spacial score (nSPS) is 12.7. The van der Waals surface area contributed by atoms with Gasteiger partial charge in [0.2, 0.25) is 0 Å². The maximum atomic E-state index is 13.7. The Labute approximate surface area is 116 Å². The highest BCUT2D eigenvalue weighted by Crippen LogP contribution is 2.18. The second-order valence-electron chi connectivity index (χ2n) is 4.61. The molecule has 1 atom stereocenters. The monoisotopic (exact) mass is 280 g/mol. The summed E-state index contributed by atoms with van der Waals surface area (Å²) in [5.41, 5.74) is 6.13. The molecule has 0 aliphatic rings. The fourth-order valence-electron chi connectivity index (χ4n) is 2.07. The largest absolute Gasteiger partial charge is 0.322 e. The topological polar surface area (TPSA) is 56.7 Å². The molecule has 0 amide bonds. The molecule has 2 rings (SSSR count). The Hall–Kier alpha value is -1.82. The quantitative estimate of drug-likeness (QED) is 0.915. The molecule has 0 spiro atoms. The summed E-state index contributed by atoms with van der Waals surface area (Å²) in [5, 5.41) is 4.33. The summed E-state index contributed by atoms with van der Waals surface area (Å²) < 4.78 is 28.6. The summed E-state index contributed by atoms with van der Waals surface area (Å²) in [7, 11) is 0. The third-order valence-electron chi connectivity index (χ3n) is 3.15. The van der Waals surface area contributed by atoms with Gasteiger partial charge >= 0.3 is 0 Å². The van der Waals surface area contributed by atoms with Crippen molar-refractivity contribution >= 4 is 0 Å².